The van der Waals surface area contributed by atoms with Crippen LogP contribution in [0, 0.1) is 11.6 Å². The maximum Gasteiger partial charge on any atom is 0.258 e. The molecule has 3 heterocycles. The number of hydrogen-bond donors (Lipinski definition) is 1. The van der Waals surface area contributed by atoms with E-state index in [2.05, 4.69) is 23.0 Å². The van der Waals surface area contributed by atoms with Crippen molar-refractivity contribution in [3.63, 3.8) is 0 Å². The lowest BCUT2D eigenvalue weighted by Crippen LogP contribution is -2.17. The number of fused-ring (bicyclic) bond motifs is 3. The van der Waals surface area contributed by atoms with Gasteiger partial charge in [-0.05, 0) is 55.3 Å². The van der Waals surface area contributed by atoms with Gasteiger partial charge in [-0.1, -0.05) is 6.07 Å². The van der Waals surface area contributed by atoms with Crippen LogP contribution in [0.4, 0.5) is 8.78 Å². The Hall–Kier alpha value is -3.16. The van der Waals surface area contributed by atoms with Crippen LogP contribution in [0.3, 0.4) is 0 Å². The van der Waals surface area contributed by atoms with E-state index in [-0.39, 0.29) is 30.1 Å². The zero-order valence-electron chi connectivity index (χ0n) is 18.1. The second kappa shape index (κ2) is 9.37. The van der Waals surface area contributed by atoms with Crippen molar-refractivity contribution >= 4 is 23.3 Å². The number of halogens is 3. The summed E-state index contributed by atoms with van der Waals surface area (Å²) in [7, 11) is 2.07. The van der Waals surface area contributed by atoms with E-state index in [1.807, 2.05) is 12.1 Å². The molecule has 0 fully saturated rings. The number of aromatic nitrogens is 2. The van der Waals surface area contributed by atoms with Crippen LogP contribution in [0.5, 0.6) is 5.75 Å². The van der Waals surface area contributed by atoms with Crippen LogP contribution in [0.15, 0.2) is 59.5 Å². The lowest BCUT2D eigenvalue weighted by atomic mass is 10.1. The molecule has 0 unspecified atom stereocenters. The number of hydrogen-bond acceptors (Lipinski definition) is 3. The molecule has 8 heteroatoms. The fourth-order valence-corrected chi connectivity index (χ4v) is 4.38. The number of pyridine rings is 1. The first kappa shape index (κ1) is 23.0. The molecule has 0 saturated heterocycles. The van der Waals surface area contributed by atoms with Crippen LogP contribution in [-0.4, -0.2) is 15.7 Å². The molecule has 0 amide bonds. The van der Waals surface area contributed by atoms with Crippen LogP contribution in [0.2, 0.25) is 0 Å². The van der Waals surface area contributed by atoms with E-state index >= 15 is 0 Å². The summed E-state index contributed by atoms with van der Waals surface area (Å²) in [5, 5.41) is 4.68. The van der Waals surface area contributed by atoms with Crippen molar-refractivity contribution in [2.45, 2.75) is 26.0 Å². The van der Waals surface area contributed by atoms with E-state index in [9.17, 15) is 13.6 Å². The van der Waals surface area contributed by atoms with Gasteiger partial charge in [-0.15, -0.1) is 12.4 Å². The first-order valence-corrected chi connectivity index (χ1v) is 10.6. The van der Waals surface area contributed by atoms with Crippen LogP contribution in [-0.2, 0) is 26.6 Å². The van der Waals surface area contributed by atoms with Gasteiger partial charge in [-0.3, -0.25) is 9.36 Å². The highest BCUT2D eigenvalue weighted by Crippen LogP contribution is 2.29. The molecule has 0 radical (unpaired) electrons. The van der Waals surface area contributed by atoms with E-state index < -0.39 is 11.6 Å². The van der Waals surface area contributed by atoms with Gasteiger partial charge in [-0.2, -0.15) is 0 Å². The topological polar surface area (TPSA) is 48.2 Å². The van der Waals surface area contributed by atoms with Crippen LogP contribution >= 0.6 is 12.4 Å². The SMILES string of the molecule is Cl.Cn1c2c(c3ccc(-n4ccc(OCc5ccc(F)cc5F)cc4=O)cc31)CNCCC2. The summed E-state index contributed by atoms with van der Waals surface area (Å²) < 4.78 is 36.2. The number of ether oxygens (including phenoxy) is 1. The second-order valence-corrected chi connectivity index (χ2v) is 8.06. The minimum Gasteiger partial charge on any atom is -0.489 e. The molecule has 0 aliphatic carbocycles. The van der Waals surface area contributed by atoms with Crippen molar-refractivity contribution in [2.24, 2.45) is 7.05 Å². The summed E-state index contributed by atoms with van der Waals surface area (Å²) in [6.45, 7) is 1.78. The number of aryl methyl sites for hydroxylation is 1. The first-order valence-electron chi connectivity index (χ1n) is 10.6. The Kier molecular flexibility index (Phi) is 6.54. The van der Waals surface area contributed by atoms with Crippen LogP contribution < -0.4 is 15.6 Å². The Balaban J connectivity index is 0.00000259. The smallest absolute Gasteiger partial charge is 0.258 e. The molecule has 0 spiro atoms. The van der Waals surface area contributed by atoms with E-state index in [0.29, 0.717) is 5.75 Å². The van der Waals surface area contributed by atoms with Gasteiger partial charge in [0.05, 0.1) is 11.2 Å². The normalized spacial score (nSPS) is 13.3. The van der Waals surface area contributed by atoms with Crippen molar-refractivity contribution < 1.29 is 13.5 Å². The second-order valence-electron chi connectivity index (χ2n) is 8.06. The number of nitrogens with zero attached hydrogens (tertiary/aromatic N) is 2. The van der Waals surface area contributed by atoms with Gasteiger partial charge in [0.25, 0.3) is 5.56 Å². The first-order chi connectivity index (χ1) is 15.5. The maximum atomic E-state index is 13.8. The molecule has 5 nitrogen and oxygen atoms in total. The third-order valence-corrected chi connectivity index (χ3v) is 6.07. The van der Waals surface area contributed by atoms with Gasteiger partial charge in [0.1, 0.15) is 24.0 Å². The molecule has 1 aliphatic rings. The highest BCUT2D eigenvalue weighted by atomic mass is 35.5. The molecule has 172 valence electrons. The zero-order valence-corrected chi connectivity index (χ0v) is 18.9. The molecule has 2 aromatic heterocycles. The summed E-state index contributed by atoms with van der Waals surface area (Å²) in [6.07, 6.45) is 3.78. The molecule has 0 atom stereocenters. The minimum absolute atomic E-state index is 0. The molecular weight excluding hydrogens is 448 g/mol. The highest BCUT2D eigenvalue weighted by Gasteiger charge is 2.17. The third-order valence-electron chi connectivity index (χ3n) is 6.07. The summed E-state index contributed by atoms with van der Waals surface area (Å²) in [4.78, 5) is 12.8. The predicted molar refractivity (Wildman–Crippen MR) is 126 cm³/mol. The number of rotatable bonds is 4. The Morgan fingerprint density at radius 3 is 2.73 bits per heavy atom. The lowest BCUT2D eigenvalue weighted by Gasteiger charge is -2.10. The van der Waals surface area contributed by atoms with Gasteiger partial charge in [0.15, 0.2) is 0 Å². The van der Waals surface area contributed by atoms with Crippen molar-refractivity contribution in [3.8, 4) is 11.4 Å². The molecule has 0 bridgehead atoms. The summed E-state index contributed by atoms with van der Waals surface area (Å²) in [6, 6.07) is 12.4. The zero-order chi connectivity index (χ0) is 22.2. The molecule has 33 heavy (non-hydrogen) atoms. The Morgan fingerprint density at radius 1 is 1.09 bits per heavy atom. The van der Waals surface area contributed by atoms with Crippen molar-refractivity contribution in [2.75, 3.05) is 6.54 Å². The van der Waals surface area contributed by atoms with E-state index in [1.165, 1.54) is 34.8 Å². The maximum absolute atomic E-state index is 13.8. The fraction of sp³-hybridized carbons (Fsp3) is 0.240. The highest BCUT2D eigenvalue weighted by molar-refractivity contribution is 5.87. The number of benzene rings is 2. The fourth-order valence-electron chi connectivity index (χ4n) is 4.38. The van der Waals surface area contributed by atoms with Crippen molar-refractivity contribution in [1.29, 1.82) is 0 Å². The molecular formula is C25H24ClF2N3O2. The molecule has 1 N–H and O–H groups in total. The molecule has 5 rings (SSSR count). The van der Waals surface area contributed by atoms with Crippen LogP contribution in [0.25, 0.3) is 16.6 Å². The average Bonchev–Trinajstić information content (AvgIpc) is 2.93. The summed E-state index contributed by atoms with van der Waals surface area (Å²) >= 11 is 0. The summed E-state index contributed by atoms with van der Waals surface area (Å²) in [5.41, 5.74) is 4.50. The van der Waals surface area contributed by atoms with E-state index in [0.717, 1.165) is 43.2 Å². The molecule has 1 aliphatic heterocycles. The van der Waals surface area contributed by atoms with Gasteiger partial charge >= 0.3 is 0 Å². The summed E-state index contributed by atoms with van der Waals surface area (Å²) in [5.74, 6) is -0.993. The monoisotopic (exact) mass is 471 g/mol. The van der Waals surface area contributed by atoms with Gasteiger partial charge < -0.3 is 14.6 Å². The molecule has 4 aromatic rings. The molecule has 0 saturated carbocycles. The van der Waals surface area contributed by atoms with Crippen LogP contribution in [0.1, 0.15) is 23.2 Å². The van der Waals surface area contributed by atoms with Gasteiger partial charge in [0.2, 0.25) is 0 Å². The minimum atomic E-state index is -0.678. The van der Waals surface area contributed by atoms with Crippen molar-refractivity contribution in [3.05, 3.63) is 93.5 Å². The number of nitrogens with one attached hydrogen (secondary N) is 1. The Morgan fingerprint density at radius 2 is 1.94 bits per heavy atom. The molecule has 2 aromatic carbocycles. The van der Waals surface area contributed by atoms with Crippen molar-refractivity contribution in [1.82, 2.24) is 14.5 Å². The third kappa shape index (κ3) is 4.38. The Bertz CT molecular complexity index is 1380. The van der Waals surface area contributed by atoms with Gasteiger partial charge in [-0.25, -0.2) is 8.78 Å². The lowest BCUT2D eigenvalue weighted by molar-refractivity contribution is 0.298. The van der Waals surface area contributed by atoms with E-state index in [1.54, 1.807) is 16.8 Å². The van der Waals surface area contributed by atoms with E-state index in [4.69, 9.17) is 4.74 Å². The quantitative estimate of drug-likeness (QED) is 0.471. The standard InChI is InChI=1S/C25H23F2N3O2.ClH/c1-29-23-3-2-9-28-14-21(23)20-7-6-18(12-24(20)29)30-10-8-19(13-25(30)31)32-15-16-4-5-17(26)11-22(16)27;/h4-8,10-13,28H,2-3,9,14-15H2,1H3;1H. The predicted octanol–water partition coefficient (Wildman–Crippen LogP) is 4.64. The van der Waals surface area contributed by atoms with Gasteiger partial charge in [0, 0.05) is 48.6 Å². The average molecular weight is 472 g/mol. The largest absolute Gasteiger partial charge is 0.489 e. The Labute approximate surface area is 196 Å².